The van der Waals surface area contributed by atoms with Gasteiger partial charge >= 0.3 is 11.8 Å². The SMILES string of the molecule is CCc1cccc(CC)c1NC(=O)C(=O)NCCO. The number of hydrogen-bond acceptors (Lipinski definition) is 3. The molecule has 0 radical (unpaired) electrons. The molecule has 0 heterocycles. The summed E-state index contributed by atoms with van der Waals surface area (Å²) < 4.78 is 0. The number of aryl methyl sites for hydroxylation is 2. The van der Waals surface area contributed by atoms with Crippen molar-refractivity contribution in [3.63, 3.8) is 0 Å². The highest BCUT2D eigenvalue weighted by Crippen LogP contribution is 2.22. The van der Waals surface area contributed by atoms with E-state index in [1.54, 1.807) is 0 Å². The minimum Gasteiger partial charge on any atom is -0.395 e. The molecule has 1 aromatic carbocycles. The van der Waals surface area contributed by atoms with Crippen molar-refractivity contribution >= 4 is 17.5 Å². The van der Waals surface area contributed by atoms with Crippen molar-refractivity contribution in [2.24, 2.45) is 0 Å². The molecular weight excluding hydrogens is 244 g/mol. The number of aliphatic hydroxyl groups excluding tert-OH is 1. The van der Waals surface area contributed by atoms with Gasteiger partial charge in [-0.1, -0.05) is 32.0 Å². The Bertz CT molecular complexity index is 436. The molecule has 19 heavy (non-hydrogen) atoms. The molecule has 3 N–H and O–H groups in total. The van der Waals surface area contributed by atoms with Gasteiger partial charge in [-0.25, -0.2) is 0 Å². The summed E-state index contributed by atoms with van der Waals surface area (Å²) in [6.07, 6.45) is 1.56. The summed E-state index contributed by atoms with van der Waals surface area (Å²) in [5, 5.41) is 13.6. The number of hydrogen-bond donors (Lipinski definition) is 3. The van der Waals surface area contributed by atoms with E-state index in [0.29, 0.717) is 0 Å². The number of aliphatic hydroxyl groups is 1. The summed E-state index contributed by atoms with van der Waals surface area (Å²) in [5.41, 5.74) is 2.72. The monoisotopic (exact) mass is 264 g/mol. The number of nitrogens with one attached hydrogen (secondary N) is 2. The summed E-state index contributed by atoms with van der Waals surface area (Å²) in [7, 11) is 0. The van der Waals surface area contributed by atoms with Crippen LogP contribution >= 0.6 is 0 Å². The van der Waals surface area contributed by atoms with Gasteiger partial charge in [-0.15, -0.1) is 0 Å². The quantitative estimate of drug-likeness (QED) is 0.690. The molecule has 0 aliphatic heterocycles. The van der Waals surface area contributed by atoms with Crippen LogP contribution in [-0.4, -0.2) is 30.1 Å². The van der Waals surface area contributed by atoms with Crippen molar-refractivity contribution in [1.29, 1.82) is 0 Å². The van der Waals surface area contributed by atoms with E-state index in [2.05, 4.69) is 10.6 Å². The molecule has 0 fully saturated rings. The van der Waals surface area contributed by atoms with Gasteiger partial charge in [0.2, 0.25) is 0 Å². The average molecular weight is 264 g/mol. The second-order valence-corrected chi connectivity index (χ2v) is 4.09. The summed E-state index contributed by atoms with van der Waals surface area (Å²) in [4.78, 5) is 23.2. The zero-order valence-corrected chi connectivity index (χ0v) is 11.3. The second-order valence-electron chi connectivity index (χ2n) is 4.09. The summed E-state index contributed by atoms with van der Waals surface area (Å²) in [6.45, 7) is 3.87. The number of carbonyl (C=O) groups is 2. The first kappa shape index (κ1) is 15.2. The fourth-order valence-corrected chi connectivity index (χ4v) is 1.82. The van der Waals surface area contributed by atoms with Crippen LogP contribution in [0.2, 0.25) is 0 Å². The van der Waals surface area contributed by atoms with Crippen molar-refractivity contribution in [3.05, 3.63) is 29.3 Å². The Morgan fingerprint density at radius 1 is 1.11 bits per heavy atom. The van der Waals surface area contributed by atoms with Crippen molar-refractivity contribution in [2.45, 2.75) is 26.7 Å². The van der Waals surface area contributed by atoms with Crippen molar-refractivity contribution < 1.29 is 14.7 Å². The van der Waals surface area contributed by atoms with Gasteiger partial charge in [0, 0.05) is 12.2 Å². The average Bonchev–Trinajstić information content (AvgIpc) is 2.44. The first-order valence-electron chi connectivity index (χ1n) is 6.44. The van der Waals surface area contributed by atoms with Crippen LogP contribution in [0.5, 0.6) is 0 Å². The van der Waals surface area contributed by atoms with Gasteiger partial charge in [0.15, 0.2) is 0 Å². The maximum absolute atomic E-state index is 11.7. The van der Waals surface area contributed by atoms with Crippen LogP contribution in [0, 0.1) is 0 Å². The third-order valence-electron chi connectivity index (χ3n) is 2.84. The normalized spacial score (nSPS) is 10.1. The second kappa shape index (κ2) is 7.53. The van der Waals surface area contributed by atoms with E-state index in [-0.39, 0.29) is 13.2 Å². The fraction of sp³-hybridized carbons (Fsp3) is 0.429. The van der Waals surface area contributed by atoms with Crippen LogP contribution in [0.4, 0.5) is 5.69 Å². The standard InChI is InChI=1S/C14H20N2O3/c1-3-10-6-5-7-11(4-2)12(10)16-14(19)13(18)15-8-9-17/h5-7,17H,3-4,8-9H2,1-2H3,(H,15,18)(H,16,19). The van der Waals surface area contributed by atoms with Crippen LogP contribution in [-0.2, 0) is 22.4 Å². The van der Waals surface area contributed by atoms with E-state index in [9.17, 15) is 9.59 Å². The van der Waals surface area contributed by atoms with E-state index >= 15 is 0 Å². The molecule has 104 valence electrons. The Hall–Kier alpha value is -1.88. The third-order valence-corrected chi connectivity index (χ3v) is 2.84. The molecule has 0 aliphatic carbocycles. The molecule has 0 saturated heterocycles. The van der Waals surface area contributed by atoms with Gasteiger partial charge in [0.25, 0.3) is 0 Å². The number of benzene rings is 1. The minimum absolute atomic E-state index is 0.0717. The van der Waals surface area contributed by atoms with Gasteiger partial charge in [-0.3, -0.25) is 9.59 Å². The first-order valence-corrected chi connectivity index (χ1v) is 6.44. The van der Waals surface area contributed by atoms with Gasteiger partial charge in [0.1, 0.15) is 0 Å². The van der Waals surface area contributed by atoms with Crippen LogP contribution in [0.3, 0.4) is 0 Å². The predicted molar refractivity (Wildman–Crippen MR) is 73.9 cm³/mol. The van der Waals surface area contributed by atoms with Crippen LogP contribution in [0.1, 0.15) is 25.0 Å². The van der Waals surface area contributed by atoms with E-state index in [4.69, 9.17) is 5.11 Å². The van der Waals surface area contributed by atoms with E-state index in [0.717, 1.165) is 29.7 Å². The zero-order valence-electron chi connectivity index (χ0n) is 11.3. The lowest BCUT2D eigenvalue weighted by Crippen LogP contribution is -2.37. The molecule has 0 aromatic heterocycles. The van der Waals surface area contributed by atoms with Crippen molar-refractivity contribution in [3.8, 4) is 0 Å². The smallest absolute Gasteiger partial charge is 0.313 e. The zero-order chi connectivity index (χ0) is 14.3. The number of para-hydroxylation sites is 1. The molecular formula is C14H20N2O3. The predicted octanol–water partition coefficient (Wildman–Crippen LogP) is 0.858. The highest BCUT2D eigenvalue weighted by molar-refractivity contribution is 6.39. The maximum atomic E-state index is 11.7. The number of carbonyl (C=O) groups excluding carboxylic acids is 2. The summed E-state index contributed by atoms with van der Waals surface area (Å²) >= 11 is 0. The Balaban J connectivity index is 2.86. The number of rotatable bonds is 5. The molecule has 2 amide bonds. The topological polar surface area (TPSA) is 78.4 Å². The van der Waals surface area contributed by atoms with E-state index < -0.39 is 11.8 Å². The molecule has 5 heteroatoms. The highest BCUT2D eigenvalue weighted by atomic mass is 16.3. The van der Waals surface area contributed by atoms with Crippen LogP contribution < -0.4 is 10.6 Å². The number of amides is 2. The lowest BCUT2D eigenvalue weighted by molar-refractivity contribution is -0.136. The van der Waals surface area contributed by atoms with Gasteiger partial charge < -0.3 is 15.7 Å². The Kier molecular flexibility index (Phi) is 6.02. The molecule has 0 unspecified atom stereocenters. The molecule has 0 atom stereocenters. The van der Waals surface area contributed by atoms with Gasteiger partial charge in [-0.2, -0.15) is 0 Å². The molecule has 0 bridgehead atoms. The molecule has 0 saturated carbocycles. The first-order chi connectivity index (χ1) is 9.13. The van der Waals surface area contributed by atoms with Crippen molar-refractivity contribution in [2.75, 3.05) is 18.5 Å². The number of anilines is 1. The lowest BCUT2D eigenvalue weighted by atomic mass is 10.0. The Morgan fingerprint density at radius 3 is 2.16 bits per heavy atom. The van der Waals surface area contributed by atoms with Gasteiger partial charge in [-0.05, 0) is 24.0 Å². The van der Waals surface area contributed by atoms with Gasteiger partial charge in [0.05, 0.1) is 6.61 Å². The molecule has 0 spiro atoms. The van der Waals surface area contributed by atoms with Crippen LogP contribution in [0.25, 0.3) is 0 Å². The van der Waals surface area contributed by atoms with E-state index in [1.807, 2.05) is 32.0 Å². The highest BCUT2D eigenvalue weighted by Gasteiger charge is 2.16. The van der Waals surface area contributed by atoms with Crippen LogP contribution in [0.15, 0.2) is 18.2 Å². The Labute approximate surface area is 113 Å². The summed E-state index contributed by atoms with van der Waals surface area (Å²) in [6, 6.07) is 5.81. The third kappa shape index (κ3) is 4.06. The van der Waals surface area contributed by atoms with E-state index in [1.165, 1.54) is 0 Å². The molecule has 0 aliphatic rings. The Morgan fingerprint density at radius 2 is 1.68 bits per heavy atom. The minimum atomic E-state index is -0.734. The molecule has 5 nitrogen and oxygen atoms in total. The summed E-state index contributed by atoms with van der Waals surface area (Å²) in [5.74, 6) is -1.44. The fourth-order valence-electron chi connectivity index (χ4n) is 1.82. The van der Waals surface area contributed by atoms with Crippen molar-refractivity contribution in [1.82, 2.24) is 5.32 Å². The molecule has 1 aromatic rings. The lowest BCUT2D eigenvalue weighted by Gasteiger charge is -2.14. The maximum Gasteiger partial charge on any atom is 0.313 e. The molecule has 1 rings (SSSR count). The largest absolute Gasteiger partial charge is 0.395 e.